The number of aryl methyl sites for hydroxylation is 1. The maximum Gasteiger partial charge on any atom is 0.306 e. The van der Waals surface area contributed by atoms with Gasteiger partial charge >= 0.3 is 5.97 Å². The Hall–Kier alpha value is -3.40. The maximum atomic E-state index is 11.7. The molecule has 0 unspecified atom stereocenters. The fourth-order valence-electron chi connectivity index (χ4n) is 4.06. The molecule has 0 radical (unpaired) electrons. The van der Waals surface area contributed by atoms with Crippen LogP contribution in [-0.4, -0.2) is 42.5 Å². The molecule has 0 saturated carbocycles. The predicted molar refractivity (Wildman–Crippen MR) is 137 cm³/mol. The summed E-state index contributed by atoms with van der Waals surface area (Å²) in [6.45, 7) is 6.71. The highest BCUT2D eigenvalue weighted by atomic mass is 16.5. The molecule has 0 fully saturated rings. The lowest BCUT2D eigenvalue weighted by atomic mass is 9.93. The van der Waals surface area contributed by atoms with E-state index in [1.165, 1.54) is 16.3 Å². The third-order valence-corrected chi connectivity index (χ3v) is 5.84. The first-order valence-electron chi connectivity index (χ1n) is 12.0. The first-order valence-corrected chi connectivity index (χ1v) is 12.0. The van der Waals surface area contributed by atoms with E-state index in [1.54, 1.807) is 25.1 Å². The number of ether oxygens (including phenoxy) is 2. The number of nitriles is 1. The van der Waals surface area contributed by atoms with Crippen LogP contribution in [0.15, 0.2) is 60.7 Å². The van der Waals surface area contributed by atoms with E-state index < -0.39 is 6.10 Å². The van der Waals surface area contributed by atoms with Crippen LogP contribution in [0.5, 0.6) is 5.75 Å². The van der Waals surface area contributed by atoms with Crippen LogP contribution in [0, 0.1) is 11.3 Å². The summed E-state index contributed by atoms with van der Waals surface area (Å²) >= 11 is 0. The monoisotopic (exact) mass is 474 g/mol. The van der Waals surface area contributed by atoms with Gasteiger partial charge in [0.1, 0.15) is 24.5 Å². The van der Waals surface area contributed by atoms with Crippen LogP contribution in [0.1, 0.15) is 43.9 Å². The molecule has 1 atom stereocenters. The van der Waals surface area contributed by atoms with E-state index in [1.807, 2.05) is 12.1 Å². The van der Waals surface area contributed by atoms with Crippen molar-refractivity contribution in [3.05, 3.63) is 77.4 Å². The van der Waals surface area contributed by atoms with E-state index in [0.717, 1.165) is 12.0 Å². The van der Waals surface area contributed by atoms with Crippen molar-refractivity contribution in [2.75, 3.05) is 19.8 Å². The number of β-amino-alcohol motifs (C(OH)–C–C–N with tert-alkyl or cyclic N) is 1. The standard InChI is InChI=1S/C29H34N2O4/c1-4-34-28(33)15-14-23-10-7-11-27(26(23)18-30)35-20-25(32)19-31-29(2,3)17-21-12-13-22-8-5-6-9-24(22)16-21/h5-13,16,25,31-32H,4,14-15,17,19-20H2,1-3H3/t25-/m0/s1. The molecule has 0 amide bonds. The van der Waals surface area contributed by atoms with E-state index in [-0.39, 0.29) is 24.5 Å². The van der Waals surface area contributed by atoms with E-state index in [9.17, 15) is 15.2 Å². The van der Waals surface area contributed by atoms with Crippen molar-refractivity contribution in [2.24, 2.45) is 0 Å². The van der Waals surface area contributed by atoms with Crippen LogP contribution in [0.25, 0.3) is 10.8 Å². The normalized spacial score (nSPS) is 12.2. The van der Waals surface area contributed by atoms with Crippen LogP contribution in [-0.2, 0) is 22.4 Å². The summed E-state index contributed by atoms with van der Waals surface area (Å²) < 4.78 is 10.8. The zero-order valence-corrected chi connectivity index (χ0v) is 20.7. The fraction of sp³-hybridized carbons (Fsp3) is 0.379. The number of carbonyl (C=O) groups is 1. The molecule has 6 nitrogen and oxygen atoms in total. The lowest BCUT2D eigenvalue weighted by Crippen LogP contribution is -2.46. The SMILES string of the molecule is CCOC(=O)CCc1cccc(OC[C@@H](O)CNC(C)(C)Cc2ccc3ccccc3c2)c1C#N. The average Bonchev–Trinajstić information content (AvgIpc) is 2.84. The summed E-state index contributed by atoms with van der Waals surface area (Å²) in [5, 5.41) is 26.0. The Kier molecular flexibility index (Phi) is 9.25. The molecule has 0 spiro atoms. The minimum Gasteiger partial charge on any atom is -0.489 e. The van der Waals surface area contributed by atoms with Gasteiger partial charge in [-0.05, 0) is 61.6 Å². The molecule has 0 aliphatic heterocycles. The van der Waals surface area contributed by atoms with Gasteiger partial charge in [-0.3, -0.25) is 4.79 Å². The molecule has 3 aromatic rings. The Morgan fingerprint density at radius 1 is 1.11 bits per heavy atom. The predicted octanol–water partition coefficient (Wildman–Crippen LogP) is 4.56. The lowest BCUT2D eigenvalue weighted by Gasteiger charge is -2.28. The molecule has 0 saturated heterocycles. The Labute approximate surface area is 207 Å². The molecule has 2 N–H and O–H groups in total. The Balaban J connectivity index is 1.52. The van der Waals surface area contributed by atoms with Crippen LogP contribution in [0.3, 0.4) is 0 Å². The second kappa shape index (κ2) is 12.3. The van der Waals surface area contributed by atoms with Crippen LogP contribution in [0.2, 0.25) is 0 Å². The summed E-state index contributed by atoms with van der Waals surface area (Å²) in [4.78, 5) is 11.7. The van der Waals surface area contributed by atoms with Crippen molar-refractivity contribution in [2.45, 2.75) is 51.7 Å². The highest BCUT2D eigenvalue weighted by molar-refractivity contribution is 5.83. The number of rotatable bonds is 12. The van der Waals surface area contributed by atoms with Crippen LogP contribution >= 0.6 is 0 Å². The van der Waals surface area contributed by atoms with Gasteiger partial charge in [-0.15, -0.1) is 0 Å². The number of fused-ring (bicyclic) bond motifs is 1. The summed E-state index contributed by atoms with van der Waals surface area (Å²) in [5.41, 5.74) is 2.11. The molecule has 0 heterocycles. The molecule has 0 aliphatic carbocycles. The second-order valence-corrected chi connectivity index (χ2v) is 9.29. The van der Waals surface area contributed by atoms with E-state index in [2.05, 4.69) is 55.6 Å². The van der Waals surface area contributed by atoms with Gasteiger partial charge in [-0.2, -0.15) is 5.26 Å². The Morgan fingerprint density at radius 2 is 1.89 bits per heavy atom. The largest absolute Gasteiger partial charge is 0.489 e. The highest BCUT2D eigenvalue weighted by Crippen LogP contribution is 2.23. The summed E-state index contributed by atoms with van der Waals surface area (Å²) in [5.74, 6) is 0.110. The first-order chi connectivity index (χ1) is 16.8. The lowest BCUT2D eigenvalue weighted by molar-refractivity contribution is -0.143. The first kappa shape index (κ1) is 26.2. The molecule has 184 valence electrons. The quantitative estimate of drug-likeness (QED) is 0.374. The average molecular weight is 475 g/mol. The Morgan fingerprint density at radius 3 is 2.63 bits per heavy atom. The van der Waals surface area contributed by atoms with Gasteiger partial charge < -0.3 is 19.9 Å². The van der Waals surface area contributed by atoms with Crippen molar-refractivity contribution in [1.29, 1.82) is 5.26 Å². The minimum atomic E-state index is -0.749. The zero-order chi connectivity index (χ0) is 25.3. The molecule has 0 aliphatic rings. The molecule has 35 heavy (non-hydrogen) atoms. The number of nitrogens with zero attached hydrogens (tertiary/aromatic N) is 1. The minimum absolute atomic E-state index is 0.0507. The van der Waals surface area contributed by atoms with Gasteiger partial charge in [0.25, 0.3) is 0 Å². The second-order valence-electron chi connectivity index (χ2n) is 9.29. The molecular weight excluding hydrogens is 440 g/mol. The number of benzene rings is 3. The molecule has 6 heteroatoms. The fourth-order valence-corrected chi connectivity index (χ4v) is 4.06. The Bertz CT molecular complexity index is 1180. The zero-order valence-electron chi connectivity index (χ0n) is 20.7. The van der Waals surface area contributed by atoms with Crippen LogP contribution < -0.4 is 10.1 Å². The number of aliphatic hydroxyl groups is 1. The number of nitrogens with one attached hydrogen (secondary N) is 1. The van der Waals surface area contributed by atoms with E-state index >= 15 is 0 Å². The topological polar surface area (TPSA) is 91.6 Å². The third kappa shape index (κ3) is 7.81. The number of esters is 1. The van der Waals surface area contributed by atoms with Gasteiger partial charge in [-0.25, -0.2) is 0 Å². The number of hydrogen-bond acceptors (Lipinski definition) is 6. The van der Waals surface area contributed by atoms with Gasteiger partial charge in [0, 0.05) is 18.5 Å². The summed E-state index contributed by atoms with van der Waals surface area (Å²) in [6, 6.07) is 22.2. The maximum absolute atomic E-state index is 11.7. The van der Waals surface area contributed by atoms with Crippen LogP contribution in [0.4, 0.5) is 0 Å². The third-order valence-electron chi connectivity index (χ3n) is 5.84. The molecular formula is C29H34N2O4. The summed E-state index contributed by atoms with van der Waals surface area (Å²) in [7, 11) is 0. The van der Waals surface area contributed by atoms with Gasteiger partial charge in [-0.1, -0.05) is 54.6 Å². The van der Waals surface area contributed by atoms with E-state index in [4.69, 9.17) is 9.47 Å². The van der Waals surface area contributed by atoms with Crippen molar-refractivity contribution >= 4 is 16.7 Å². The molecule has 0 aromatic heterocycles. The molecule has 3 aromatic carbocycles. The van der Waals surface area contributed by atoms with E-state index in [0.29, 0.717) is 30.9 Å². The summed E-state index contributed by atoms with van der Waals surface area (Å²) in [6.07, 6.45) is 0.657. The van der Waals surface area contributed by atoms with Gasteiger partial charge in [0.2, 0.25) is 0 Å². The van der Waals surface area contributed by atoms with Gasteiger partial charge in [0.05, 0.1) is 12.2 Å². The number of hydrogen-bond donors (Lipinski definition) is 2. The van der Waals surface area contributed by atoms with Crippen molar-refractivity contribution in [3.8, 4) is 11.8 Å². The molecule has 3 rings (SSSR count). The van der Waals surface area contributed by atoms with Crippen molar-refractivity contribution < 1.29 is 19.4 Å². The highest BCUT2D eigenvalue weighted by Gasteiger charge is 2.20. The van der Waals surface area contributed by atoms with Gasteiger partial charge in [0.15, 0.2) is 0 Å². The molecule has 0 bridgehead atoms. The number of aliphatic hydroxyl groups excluding tert-OH is 1. The van der Waals surface area contributed by atoms with Crippen molar-refractivity contribution in [1.82, 2.24) is 5.32 Å². The number of carbonyl (C=O) groups excluding carboxylic acids is 1. The van der Waals surface area contributed by atoms with Crippen molar-refractivity contribution in [3.63, 3.8) is 0 Å². The smallest absolute Gasteiger partial charge is 0.306 e.